The Hall–Kier alpha value is -5.10. The number of ether oxygens (including phenoxy) is 3. The summed E-state index contributed by atoms with van der Waals surface area (Å²) in [5, 5.41) is 9.96. The second-order valence-electron chi connectivity index (χ2n) is 7.58. The molecule has 0 unspecified atom stereocenters. The lowest BCUT2D eigenvalue weighted by Gasteiger charge is -2.15. The molecule has 0 aliphatic carbocycles. The molecule has 9 heteroatoms. The monoisotopic (exact) mass is 482 g/mol. The highest BCUT2D eigenvalue weighted by atomic mass is 16.5. The number of aromatic nitrogens is 2. The Morgan fingerprint density at radius 2 is 1.58 bits per heavy atom. The summed E-state index contributed by atoms with van der Waals surface area (Å²) in [5.74, 6) is 0.959. The molecule has 36 heavy (non-hydrogen) atoms. The summed E-state index contributed by atoms with van der Waals surface area (Å²) in [7, 11) is 4.55. The number of nitrogens with zero attached hydrogens (tertiary/aromatic N) is 3. The molecule has 4 rings (SSSR count). The standard InChI is InChI=1S/C27H22N4O5/c1-34-20-10-8-17(9-11-20)12-19(16-28)26(32)30-31-25(18-13-21(35-2)15-22(14-18)36-3)29-24-7-5-4-6-23(24)27(31)33/h4-15H,1-3H3,(H,30,32)/b19-12+. The number of hydrogen-bond acceptors (Lipinski definition) is 7. The third-order valence-corrected chi connectivity index (χ3v) is 5.39. The van der Waals surface area contributed by atoms with E-state index in [2.05, 4.69) is 10.4 Å². The highest BCUT2D eigenvalue weighted by molar-refractivity contribution is 6.06. The summed E-state index contributed by atoms with van der Waals surface area (Å²) in [6.45, 7) is 0. The van der Waals surface area contributed by atoms with Crippen molar-refractivity contribution in [3.8, 4) is 34.7 Å². The van der Waals surface area contributed by atoms with Gasteiger partial charge in [0.2, 0.25) is 0 Å². The van der Waals surface area contributed by atoms with Gasteiger partial charge >= 0.3 is 0 Å². The van der Waals surface area contributed by atoms with E-state index in [0.717, 1.165) is 4.68 Å². The number of fused-ring (bicyclic) bond motifs is 1. The molecule has 0 saturated heterocycles. The first-order valence-electron chi connectivity index (χ1n) is 10.8. The number of benzene rings is 3. The summed E-state index contributed by atoms with van der Waals surface area (Å²) in [5.41, 5.74) is 3.36. The van der Waals surface area contributed by atoms with Gasteiger partial charge in [0.05, 0.1) is 32.2 Å². The van der Waals surface area contributed by atoms with Crippen LogP contribution in [-0.2, 0) is 4.79 Å². The molecule has 0 saturated carbocycles. The number of methoxy groups -OCH3 is 3. The zero-order valence-electron chi connectivity index (χ0n) is 19.8. The molecule has 9 nitrogen and oxygen atoms in total. The summed E-state index contributed by atoms with van der Waals surface area (Å²) < 4.78 is 16.9. The van der Waals surface area contributed by atoms with Gasteiger partial charge < -0.3 is 14.2 Å². The van der Waals surface area contributed by atoms with E-state index < -0.39 is 11.5 Å². The summed E-state index contributed by atoms with van der Waals surface area (Å²) >= 11 is 0. The van der Waals surface area contributed by atoms with Gasteiger partial charge in [-0.2, -0.15) is 9.94 Å². The van der Waals surface area contributed by atoms with Gasteiger partial charge in [-0.3, -0.25) is 15.0 Å². The van der Waals surface area contributed by atoms with Gasteiger partial charge in [0.15, 0.2) is 5.82 Å². The van der Waals surface area contributed by atoms with Gasteiger partial charge in [-0.1, -0.05) is 24.3 Å². The largest absolute Gasteiger partial charge is 0.497 e. The minimum Gasteiger partial charge on any atom is -0.497 e. The molecule has 0 atom stereocenters. The molecular weight excluding hydrogens is 460 g/mol. The van der Waals surface area contributed by atoms with Crippen molar-refractivity contribution in [3.05, 3.63) is 88.2 Å². The number of nitrogens with one attached hydrogen (secondary N) is 1. The minimum absolute atomic E-state index is 0.144. The lowest BCUT2D eigenvalue weighted by atomic mass is 10.1. The molecule has 0 aliphatic heterocycles. The number of amides is 1. The zero-order valence-corrected chi connectivity index (χ0v) is 19.8. The van der Waals surface area contributed by atoms with Crippen molar-refractivity contribution >= 4 is 22.9 Å². The number of rotatable bonds is 7. The fourth-order valence-electron chi connectivity index (χ4n) is 3.54. The van der Waals surface area contributed by atoms with Crippen LogP contribution in [0.5, 0.6) is 17.2 Å². The van der Waals surface area contributed by atoms with Crippen molar-refractivity contribution in [2.45, 2.75) is 0 Å². The van der Waals surface area contributed by atoms with Gasteiger partial charge in [0.25, 0.3) is 11.5 Å². The van der Waals surface area contributed by atoms with Crippen LogP contribution in [0.4, 0.5) is 0 Å². The van der Waals surface area contributed by atoms with Crippen LogP contribution in [-0.4, -0.2) is 36.9 Å². The smallest absolute Gasteiger partial charge is 0.280 e. The van der Waals surface area contributed by atoms with E-state index in [1.54, 1.807) is 73.8 Å². The highest BCUT2D eigenvalue weighted by Gasteiger charge is 2.18. The van der Waals surface area contributed by atoms with Gasteiger partial charge in [0, 0.05) is 11.6 Å². The Morgan fingerprint density at radius 3 is 2.19 bits per heavy atom. The molecule has 0 aliphatic rings. The lowest BCUT2D eigenvalue weighted by Crippen LogP contribution is -2.35. The first-order valence-corrected chi connectivity index (χ1v) is 10.8. The molecule has 1 aromatic heterocycles. The van der Waals surface area contributed by atoms with Crippen LogP contribution in [0.1, 0.15) is 5.56 Å². The maximum Gasteiger partial charge on any atom is 0.280 e. The van der Waals surface area contributed by atoms with Crippen molar-refractivity contribution in [2.24, 2.45) is 0 Å². The fourth-order valence-corrected chi connectivity index (χ4v) is 3.54. The summed E-state index contributed by atoms with van der Waals surface area (Å²) in [4.78, 5) is 31.2. The summed E-state index contributed by atoms with van der Waals surface area (Å²) in [6, 6.07) is 20.5. The molecule has 0 spiro atoms. The molecule has 4 aromatic rings. The molecule has 0 radical (unpaired) electrons. The Labute approximate surface area is 206 Å². The van der Waals surface area contributed by atoms with Gasteiger partial charge in [-0.25, -0.2) is 4.98 Å². The number of para-hydroxylation sites is 1. The maximum absolute atomic E-state index is 13.4. The first-order chi connectivity index (χ1) is 17.5. The normalized spacial score (nSPS) is 11.0. The van der Waals surface area contributed by atoms with Crippen molar-refractivity contribution in [1.29, 1.82) is 5.26 Å². The molecule has 3 aromatic carbocycles. The van der Waals surface area contributed by atoms with E-state index in [1.807, 2.05) is 6.07 Å². The molecule has 180 valence electrons. The van der Waals surface area contributed by atoms with E-state index in [9.17, 15) is 14.9 Å². The molecule has 0 fully saturated rings. The van der Waals surface area contributed by atoms with Gasteiger partial charge in [0.1, 0.15) is 28.9 Å². The number of carbonyl (C=O) groups is 1. The minimum atomic E-state index is -0.774. The second kappa shape index (κ2) is 10.4. The van der Waals surface area contributed by atoms with Gasteiger partial charge in [-0.15, -0.1) is 0 Å². The van der Waals surface area contributed by atoms with Crippen LogP contribution in [0.3, 0.4) is 0 Å². The van der Waals surface area contributed by atoms with E-state index in [1.165, 1.54) is 20.3 Å². The van der Waals surface area contributed by atoms with Crippen molar-refractivity contribution in [1.82, 2.24) is 9.66 Å². The van der Waals surface area contributed by atoms with Gasteiger partial charge in [-0.05, 0) is 48.0 Å². The second-order valence-corrected chi connectivity index (χ2v) is 7.58. The van der Waals surface area contributed by atoms with E-state index in [4.69, 9.17) is 14.2 Å². The highest BCUT2D eigenvalue weighted by Crippen LogP contribution is 2.29. The lowest BCUT2D eigenvalue weighted by molar-refractivity contribution is -0.113. The van der Waals surface area contributed by atoms with Crippen LogP contribution < -0.4 is 25.2 Å². The molecule has 1 N–H and O–H groups in total. The van der Waals surface area contributed by atoms with Crippen molar-refractivity contribution in [2.75, 3.05) is 26.8 Å². The molecular formula is C27H22N4O5. The Morgan fingerprint density at radius 1 is 0.944 bits per heavy atom. The maximum atomic E-state index is 13.4. The third kappa shape index (κ3) is 4.88. The fraction of sp³-hybridized carbons (Fsp3) is 0.111. The average Bonchev–Trinajstić information content (AvgIpc) is 2.92. The number of carbonyl (C=O) groups excluding carboxylic acids is 1. The SMILES string of the molecule is COc1ccc(/C=C(\C#N)C(=O)Nn2c(-c3cc(OC)cc(OC)c3)nc3ccccc3c2=O)cc1. The molecule has 1 heterocycles. The van der Waals surface area contributed by atoms with Crippen LogP contribution >= 0.6 is 0 Å². The van der Waals surface area contributed by atoms with Crippen LogP contribution in [0.2, 0.25) is 0 Å². The Kier molecular flexibility index (Phi) is 6.97. The van der Waals surface area contributed by atoms with Crippen molar-refractivity contribution in [3.63, 3.8) is 0 Å². The van der Waals surface area contributed by atoms with E-state index in [-0.39, 0.29) is 11.4 Å². The zero-order chi connectivity index (χ0) is 25.7. The average molecular weight is 482 g/mol. The topological polar surface area (TPSA) is 115 Å². The Bertz CT molecular complexity index is 1540. The predicted octanol–water partition coefficient (Wildman–Crippen LogP) is 3.77. The third-order valence-electron chi connectivity index (χ3n) is 5.39. The van der Waals surface area contributed by atoms with Crippen LogP contribution in [0.15, 0.2) is 77.1 Å². The number of hydrogen-bond donors (Lipinski definition) is 1. The predicted molar refractivity (Wildman–Crippen MR) is 135 cm³/mol. The molecule has 1 amide bonds. The first kappa shape index (κ1) is 24.0. The van der Waals surface area contributed by atoms with E-state index >= 15 is 0 Å². The van der Waals surface area contributed by atoms with Crippen molar-refractivity contribution < 1.29 is 19.0 Å². The number of nitriles is 1. The Balaban J connectivity index is 1.83. The molecule has 0 bridgehead atoms. The van der Waals surface area contributed by atoms with Crippen LogP contribution in [0, 0.1) is 11.3 Å². The van der Waals surface area contributed by atoms with Crippen LogP contribution in [0.25, 0.3) is 28.4 Å². The van der Waals surface area contributed by atoms with E-state index in [0.29, 0.717) is 39.3 Å². The quantitative estimate of drug-likeness (QED) is 0.315. The summed E-state index contributed by atoms with van der Waals surface area (Å²) in [6.07, 6.45) is 1.42.